The summed E-state index contributed by atoms with van der Waals surface area (Å²) in [7, 11) is 0. The number of hydrogen-bond acceptors (Lipinski definition) is 8. The summed E-state index contributed by atoms with van der Waals surface area (Å²) in [6.45, 7) is 0.709. The van der Waals surface area contributed by atoms with Crippen LogP contribution in [0, 0.1) is 10.1 Å². The van der Waals surface area contributed by atoms with E-state index in [9.17, 15) is 24.8 Å². The van der Waals surface area contributed by atoms with E-state index in [-0.39, 0.29) is 29.1 Å². The van der Waals surface area contributed by atoms with Crippen LogP contribution in [0.3, 0.4) is 0 Å². The van der Waals surface area contributed by atoms with Gasteiger partial charge in [-0.15, -0.1) is 0 Å². The second-order valence-corrected chi connectivity index (χ2v) is 7.71. The number of nitro groups is 1. The highest BCUT2D eigenvalue weighted by Crippen LogP contribution is 2.42. The molecule has 10 nitrogen and oxygen atoms in total. The predicted molar refractivity (Wildman–Crippen MR) is 117 cm³/mol. The van der Waals surface area contributed by atoms with Gasteiger partial charge in [-0.2, -0.15) is 0 Å². The van der Waals surface area contributed by atoms with E-state index in [2.05, 4.69) is 0 Å². The Balaban J connectivity index is 1.63. The molecule has 1 amide bonds. The first-order valence-electron chi connectivity index (χ1n) is 10.4. The summed E-state index contributed by atoms with van der Waals surface area (Å²) in [6.07, 6.45) is 1.45. The topological polar surface area (TPSA) is 132 Å². The van der Waals surface area contributed by atoms with E-state index in [1.54, 1.807) is 24.3 Å². The minimum Gasteiger partial charge on any atom is -0.507 e. The molecule has 5 rings (SSSR count). The Morgan fingerprint density at radius 1 is 1.06 bits per heavy atom. The van der Waals surface area contributed by atoms with E-state index in [0.717, 1.165) is 0 Å². The molecule has 0 bridgehead atoms. The summed E-state index contributed by atoms with van der Waals surface area (Å²) >= 11 is 0. The number of hydrogen-bond donors (Lipinski definition) is 1. The molecule has 3 heterocycles. The quantitative estimate of drug-likeness (QED) is 0.200. The van der Waals surface area contributed by atoms with Crippen molar-refractivity contribution in [2.24, 2.45) is 0 Å². The van der Waals surface area contributed by atoms with Gasteiger partial charge in [0, 0.05) is 17.7 Å². The minimum absolute atomic E-state index is 0.0306. The smallest absolute Gasteiger partial charge is 0.296 e. The van der Waals surface area contributed by atoms with Gasteiger partial charge in [0.15, 0.2) is 11.5 Å². The monoisotopic (exact) mass is 462 g/mol. The van der Waals surface area contributed by atoms with E-state index in [1.165, 1.54) is 41.5 Å². The molecule has 1 unspecified atom stereocenters. The zero-order chi connectivity index (χ0) is 23.8. The highest BCUT2D eigenvalue weighted by molar-refractivity contribution is 6.46. The van der Waals surface area contributed by atoms with Crippen molar-refractivity contribution in [3.8, 4) is 11.5 Å². The number of likely N-dealkylation sites (tertiary alicyclic amines) is 1. The average molecular weight is 462 g/mol. The van der Waals surface area contributed by atoms with Crippen LogP contribution >= 0.6 is 0 Å². The Labute approximate surface area is 192 Å². The largest absolute Gasteiger partial charge is 0.507 e. The number of aliphatic hydroxyl groups excluding tert-OH is 1. The number of ether oxygens (including phenoxy) is 2. The number of benzene rings is 2. The van der Waals surface area contributed by atoms with Crippen LogP contribution in [0.1, 0.15) is 22.9 Å². The van der Waals surface area contributed by atoms with Gasteiger partial charge in [0.2, 0.25) is 0 Å². The van der Waals surface area contributed by atoms with Crippen LogP contribution in [-0.2, 0) is 16.1 Å². The highest BCUT2D eigenvalue weighted by atomic mass is 16.6. The van der Waals surface area contributed by atoms with Gasteiger partial charge in [-0.05, 0) is 48.0 Å². The second kappa shape index (κ2) is 8.39. The van der Waals surface area contributed by atoms with Crippen LogP contribution in [0.25, 0.3) is 5.76 Å². The second-order valence-electron chi connectivity index (χ2n) is 7.71. The van der Waals surface area contributed by atoms with Gasteiger partial charge in [0.05, 0.1) is 29.3 Å². The molecule has 0 aliphatic carbocycles. The first-order chi connectivity index (χ1) is 16.4. The number of rotatable bonds is 5. The average Bonchev–Trinajstić information content (AvgIpc) is 3.46. The molecule has 10 heteroatoms. The summed E-state index contributed by atoms with van der Waals surface area (Å²) in [6, 6.07) is 12.5. The third kappa shape index (κ3) is 3.64. The van der Waals surface area contributed by atoms with Crippen molar-refractivity contribution in [2.75, 3.05) is 13.2 Å². The third-order valence-corrected chi connectivity index (χ3v) is 5.68. The lowest BCUT2D eigenvalue weighted by molar-refractivity contribution is -0.384. The highest BCUT2D eigenvalue weighted by Gasteiger charge is 2.46. The maximum atomic E-state index is 13.1. The predicted octanol–water partition coefficient (Wildman–Crippen LogP) is 3.58. The standard InChI is InChI=1S/C24H18N2O8/c27-22(15-5-8-18-19(12-15)34-11-10-33-18)20-21(14-3-6-16(7-4-14)26(30)31)25(24(29)23(20)28)13-17-2-1-9-32-17/h1-9,12,21,27H,10-11,13H2/b22-20-. The summed E-state index contributed by atoms with van der Waals surface area (Å²) < 4.78 is 16.4. The molecule has 0 saturated carbocycles. The molecule has 0 radical (unpaired) electrons. The molecule has 1 saturated heterocycles. The fraction of sp³-hybridized carbons (Fsp3) is 0.167. The van der Waals surface area contributed by atoms with Crippen molar-refractivity contribution < 1.29 is 33.5 Å². The number of amides is 1. The number of nitrogens with zero attached hydrogens (tertiary/aromatic N) is 2. The van der Waals surface area contributed by atoms with Crippen molar-refractivity contribution in [3.63, 3.8) is 0 Å². The molecule has 3 aromatic rings. The van der Waals surface area contributed by atoms with E-state index >= 15 is 0 Å². The van der Waals surface area contributed by atoms with E-state index in [4.69, 9.17) is 13.9 Å². The van der Waals surface area contributed by atoms with Crippen LogP contribution < -0.4 is 9.47 Å². The molecule has 0 spiro atoms. The lowest BCUT2D eigenvalue weighted by Gasteiger charge is -2.24. The van der Waals surface area contributed by atoms with Crippen LogP contribution in [-0.4, -0.2) is 39.8 Å². The Bertz CT molecular complexity index is 1310. The molecule has 1 atom stereocenters. The number of nitro benzene ring substituents is 1. The Morgan fingerprint density at radius 2 is 1.79 bits per heavy atom. The number of carbonyl (C=O) groups excluding carboxylic acids is 2. The van der Waals surface area contributed by atoms with Crippen LogP contribution in [0.4, 0.5) is 5.69 Å². The molecular formula is C24H18N2O8. The normalized spacial score (nSPS) is 18.8. The first kappa shape index (κ1) is 21.3. The zero-order valence-electron chi connectivity index (χ0n) is 17.7. The van der Waals surface area contributed by atoms with Gasteiger partial charge in [0.1, 0.15) is 24.7 Å². The number of ketones is 1. The van der Waals surface area contributed by atoms with E-state index in [0.29, 0.717) is 36.0 Å². The molecular weight excluding hydrogens is 444 g/mol. The number of fused-ring (bicyclic) bond motifs is 1. The van der Waals surface area contributed by atoms with Crippen molar-refractivity contribution in [1.82, 2.24) is 4.90 Å². The lowest BCUT2D eigenvalue weighted by atomic mass is 9.95. The van der Waals surface area contributed by atoms with Crippen molar-refractivity contribution in [2.45, 2.75) is 12.6 Å². The van der Waals surface area contributed by atoms with E-state index in [1.807, 2.05) is 0 Å². The van der Waals surface area contributed by atoms with Gasteiger partial charge < -0.3 is 23.9 Å². The molecule has 2 aliphatic heterocycles. The SMILES string of the molecule is O=C1C(=O)N(Cc2ccco2)C(c2ccc([N+](=O)[O-])cc2)/C1=C(/O)c1ccc2c(c1)OCCO2. The minimum atomic E-state index is -0.987. The Hall–Kier alpha value is -4.60. The van der Waals surface area contributed by atoms with Crippen LogP contribution in [0.15, 0.2) is 70.9 Å². The van der Waals surface area contributed by atoms with Crippen molar-refractivity contribution in [3.05, 3.63) is 93.4 Å². The first-order valence-corrected chi connectivity index (χ1v) is 10.4. The lowest BCUT2D eigenvalue weighted by Crippen LogP contribution is -2.29. The molecule has 2 aliphatic rings. The summed E-state index contributed by atoms with van der Waals surface area (Å²) in [5.74, 6) is -0.727. The van der Waals surface area contributed by atoms with Crippen molar-refractivity contribution >= 4 is 23.1 Å². The van der Waals surface area contributed by atoms with Gasteiger partial charge in [-0.1, -0.05) is 0 Å². The fourth-order valence-corrected chi connectivity index (χ4v) is 4.08. The van der Waals surface area contributed by atoms with Gasteiger partial charge in [-0.3, -0.25) is 19.7 Å². The van der Waals surface area contributed by atoms with E-state index < -0.39 is 22.7 Å². The van der Waals surface area contributed by atoms with Crippen molar-refractivity contribution in [1.29, 1.82) is 0 Å². The van der Waals surface area contributed by atoms with Gasteiger partial charge in [-0.25, -0.2) is 0 Å². The number of furan rings is 1. The number of carbonyl (C=O) groups is 2. The number of aliphatic hydroxyl groups is 1. The Morgan fingerprint density at radius 3 is 2.47 bits per heavy atom. The maximum Gasteiger partial charge on any atom is 0.296 e. The molecule has 2 aromatic carbocycles. The summed E-state index contributed by atoms with van der Waals surface area (Å²) in [5, 5.41) is 22.3. The molecule has 1 N–H and O–H groups in total. The van der Waals surface area contributed by atoms with Gasteiger partial charge in [0.25, 0.3) is 17.4 Å². The molecule has 1 aromatic heterocycles. The van der Waals surface area contributed by atoms with Crippen LogP contribution in [0.5, 0.6) is 11.5 Å². The summed E-state index contributed by atoms with van der Waals surface area (Å²) in [4.78, 5) is 37.9. The number of non-ortho nitro benzene ring substituents is 1. The molecule has 34 heavy (non-hydrogen) atoms. The third-order valence-electron chi connectivity index (χ3n) is 5.68. The van der Waals surface area contributed by atoms with Gasteiger partial charge >= 0.3 is 0 Å². The zero-order valence-corrected chi connectivity index (χ0v) is 17.7. The maximum absolute atomic E-state index is 13.1. The molecule has 172 valence electrons. The summed E-state index contributed by atoms with van der Waals surface area (Å²) in [5.41, 5.74) is 0.420. The number of Topliss-reactive ketones (excluding diaryl/α,β-unsaturated/α-hetero) is 1. The van der Waals surface area contributed by atoms with Crippen LogP contribution in [0.2, 0.25) is 0 Å². The fourth-order valence-electron chi connectivity index (χ4n) is 4.08. The molecule has 1 fully saturated rings. The Kier molecular flexibility index (Phi) is 5.25.